The minimum Gasteiger partial charge on any atom is -0.476 e. The molecule has 1 atom stereocenters. The summed E-state index contributed by atoms with van der Waals surface area (Å²) in [6.45, 7) is 1.97. The van der Waals surface area contributed by atoms with Gasteiger partial charge >= 0.3 is 0 Å². The molecule has 29 heavy (non-hydrogen) atoms. The van der Waals surface area contributed by atoms with Gasteiger partial charge in [0.2, 0.25) is 10.0 Å². The molecule has 1 saturated heterocycles. The molecule has 2 aromatic rings. The Kier molecular flexibility index (Phi) is 5.31. The molecule has 0 unspecified atom stereocenters. The number of halogens is 1. The number of amides is 1. The number of anilines is 3. The van der Waals surface area contributed by atoms with E-state index >= 15 is 0 Å². The lowest BCUT2D eigenvalue weighted by Gasteiger charge is -2.34. The lowest BCUT2D eigenvalue weighted by atomic mass is 10.2. The van der Waals surface area contributed by atoms with E-state index in [9.17, 15) is 13.2 Å². The molecule has 2 heterocycles. The first-order valence-electron chi connectivity index (χ1n) is 9.41. The van der Waals surface area contributed by atoms with Gasteiger partial charge in [-0.15, -0.1) is 0 Å². The van der Waals surface area contributed by atoms with Gasteiger partial charge in [-0.05, 0) is 55.3 Å². The number of hydrogen-bond acceptors (Lipinski definition) is 5. The van der Waals surface area contributed by atoms with Crippen molar-refractivity contribution in [2.75, 3.05) is 40.4 Å². The average Bonchev–Trinajstić information content (AvgIpc) is 3.21. The van der Waals surface area contributed by atoms with Gasteiger partial charge in [0.25, 0.3) is 5.91 Å². The van der Waals surface area contributed by atoms with E-state index in [1.165, 1.54) is 18.9 Å². The van der Waals surface area contributed by atoms with Crippen molar-refractivity contribution in [2.45, 2.75) is 18.9 Å². The Morgan fingerprint density at radius 2 is 1.83 bits per heavy atom. The molecule has 154 valence electrons. The third-order valence-electron chi connectivity index (χ3n) is 5.09. The molecule has 0 spiro atoms. The van der Waals surface area contributed by atoms with Crippen LogP contribution in [-0.4, -0.2) is 46.3 Å². The standard InChI is InChI=1S/C20H22ClN3O4S/c1-29(26,27)24-13-19(28-18-9-4-14(21)12-17(18)24)20(25)22-15-5-7-16(8-6-15)23-10-2-3-11-23/h4-9,12,19H,2-3,10-11,13H2,1H3,(H,22,25)/t19-/m1/s1. The lowest BCUT2D eigenvalue weighted by molar-refractivity contribution is -0.122. The molecule has 9 heteroatoms. The fourth-order valence-electron chi connectivity index (χ4n) is 3.63. The van der Waals surface area contributed by atoms with Gasteiger partial charge in [0.15, 0.2) is 6.10 Å². The van der Waals surface area contributed by atoms with Crippen molar-refractivity contribution in [2.24, 2.45) is 0 Å². The maximum Gasteiger partial charge on any atom is 0.267 e. The van der Waals surface area contributed by atoms with Crippen LogP contribution < -0.4 is 19.3 Å². The van der Waals surface area contributed by atoms with Crippen molar-refractivity contribution < 1.29 is 17.9 Å². The van der Waals surface area contributed by atoms with Crippen molar-refractivity contribution >= 4 is 44.6 Å². The fourth-order valence-corrected chi connectivity index (χ4v) is 4.70. The molecule has 0 bridgehead atoms. The van der Waals surface area contributed by atoms with Crippen LogP contribution in [0, 0.1) is 0 Å². The van der Waals surface area contributed by atoms with Crippen molar-refractivity contribution in [1.29, 1.82) is 0 Å². The SMILES string of the molecule is CS(=O)(=O)N1C[C@H](C(=O)Nc2ccc(N3CCCC3)cc2)Oc2ccc(Cl)cc21. The van der Waals surface area contributed by atoms with Crippen LogP contribution in [0.1, 0.15) is 12.8 Å². The van der Waals surface area contributed by atoms with E-state index in [1.54, 1.807) is 12.1 Å². The summed E-state index contributed by atoms with van der Waals surface area (Å²) in [6, 6.07) is 12.3. The average molecular weight is 436 g/mol. The number of carbonyl (C=O) groups is 1. The van der Waals surface area contributed by atoms with E-state index in [-0.39, 0.29) is 6.54 Å². The van der Waals surface area contributed by atoms with Crippen LogP contribution in [0.4, 0.5) is 17.1 Å². The zero-order valence-corrected chi connectivity index (χ0v) is 17.5. The van der Waals surface area contributed by atoms with Crippen LogP contribution in [-0.2, 0) is 14.8 Å². The number of sulfonamides is 1. The molecule has 2 aromatic carbocycles. The molecule has 1 amide bonds. The number of rotatable bonds is 4. The normalized spacial score (nSPS) is 18.9. The molecular formula is C20H22ClN3O4S. The quantitative estimate of drug-likeness (QED) is 0.798. The smallest absolute Gasteiger partial charge is 0.267 e. The first-order chi connectivity index (χ1) is 13.8. The van der Waals surface area contributed by atoms with E-state index < -0.39 is 22.0 Å². The van der Waals surface area contributed by atoms with Gasteiger partial charge < -0.3 is 15.0 Å². The third-order valence-corrected chi connectivity index (χ3v) is 6.47. The Bertz CT molecular complexity index is 1020. The minimum absolute atomic E-state index is 0.121. The molecule has 1 fully saturated rings. The predicted octanol–water partition coefficient (Wildman–Crippen LogP) is 3.11. The molecule has 0 aromatic heterocycles. The Morgan fingerprint density at radius 1 is 1.14 bits per heavy atom. The van der Waals surface area contributed by atoms with Crippen LogP contribution >= 0.6 is 11.6 Å². The first-order valence-corrected chi connectivity index (χ1v) is 11.6. The minimum atomic E-state index is -3.60. The molecule has 1 N–H and O–H groups in total. The van der Waals surface area contributed by atoms with Crippen LogP contribution in [0.3, 0.4) is 0 Å². The number of benzene rings is 2. The summed E-state index contributed by atoms with van der Waals surface area (Å²) in [7, 11) is -3.60. The first kappa shape index (κ1) is 19.8. The Morgan fingerprint density at radius 3 is 2.48 bits per heavy atom. The fraction of sp³-hybridized carbons (Fsp3) is 0.350. The number of ether oxygens (including phenoxy) is 1. The molecule has 0 aliphatic carbocycles. The maximum atomic E-state index is 12.8. The maximum absolute atomic E-state index is 12.8. The number of hydrogen-bond donors (Lipinski definition) is 1. The number of nitrogens with zero attached hydrogens (tertiary/aromatic N) is 2. The summed E-state index contributed by atoms with van der Waals surface area (Å²) in [5.74, 6) is -0.108. The van der Waals surface area contributed by atoms with E-state index in [4.69, 9.17) is 16.3 Å². The van der Waals surface area contributed by atoms with Crippen LogP contribution in [0.2, 0.25) is 5.02 Å². The van der Waals surface area contributed by atoms with Gasteiger partial charge in [-0.3, -0.25) is 9.10 Å². The largest absolute Gasteiger partial charge is 0.476 e. The highest BCUT2D eigenvalue weighted by Gasteiger charge is 2.35. The third kappa shape index (κ3) is 4.28. The Balaban J connectivity index is 1.50. The Hall–Kier alpha value is -2.45. The van der Waals surface area contributed by atoms with E-state index in [2.05, 4.69) is 10.2 Å². The van der Waals surface area contributed by atoms with Gasteiger partial charge in [-0.2, -0.15) is 0 Å². The van der Waals surface area contributed by atoms with Crippen LogP contribution in [0.5, 0.6) is 5.75 Å². The van der Waals surface area contributed by atoms with Crippen molar-refractivity contribution in [3.63, 3.8) is 0 Å². The van der Waals surface area contributed by atoms with Crippen LogP contribution in [0.15, 0.2) is 42.5 Å². The highest BCUT2D eigenvalue weighted by atomic mass is 35.5. The monoisotopic (exact) mass is 435 g/mol. The molecule has 0 saturated carbocycles. The van der Waals surface area contributed by atoms with Crippen molar-refractivity contribution in [3.05, 3.63) is 47.5 Å². The highest BCUT2D eigenvalue weighted by Crippen LogP contribution is 2.37. The number of fused-ring (bicyclic) bond motifs is 1. The summed E-state index contributed by atoms with van der Waals surface area (Å²) in [5.41, 5.74) is 2.09. The van der Waals surface area contributed by atoms with E-state index in [1.807, 2.05) is 24.3 Å². The topological polar surface area (TPSA) is 79.0 Å². The summed E-state index contributed by atoms with van der Waals surface area (Å²) < 4.78 is 31.4. The highest BCUT2D eigenvalue weighted by molar-refractivity contribution is 7.92. The Labute approximate surface area is 175 Å². The summed E-state index contributed by atoms with van der Waals surface area (Å²) >= 11 is 6.00. The second kappa shape index (κ2) is 7.76. The molecule has 2 aliphatic rings. The number of carbonyl (C=O) groups excluding carboxylic acids is 1. The van der Waals surface area contributed by atoms with E-state index in [0.29, 0.717) is 22.1 Å². The second-order valence-corrected chi connectivity index (χ2v) is 9.59. The summed E-state index contributed by atoms with van der Waals surface area (Å²) in [6.07, 6.45) is 2.51. The molecule has 4 rings (SSSR count). The molecule has 0 radical (unpaired) electrons. The number of nitrogens with one attached hydrogen (secondary N) is 1. The van der Waals surface area contributed by atoms with Gasteiger partial charge in [-0.1, -0.05) is 11.6 Å². The molecule has 2 aliphatic heterocycles. The van der Waals surface area contributed by atoms with Gasteiger partial charge in [0.05, 0.1) is 18.5 Å². The van der Waals surface area contributed by atoms with Crippen molar-refractivity contribution in [1.82, 2.24) is 0 Å². The lowest BCUT2D eigenvalue weighted by Crippen LogP contribution is -2.48. The second-order valence-electron chi connectivity index (χ2n) is 7.24. The van der Waals surface area contributed by atoms with E-state index in [0.717, 1.165) is 29.3 Å². The van der Waals surface area contributed by atoms with Gasteiger partial charge in [0.1, 0.15) is 5.75 Å². The van der Waals surface area contributed by atoms with Crippen LogP contribution in [0.25, 0.3) is 0 Å². The van der Waals surface area contributed by atoms with Gasteiger partial charge in [0, 0.05) is 29.5 Å². The zero-order valence-electron chi connectivity index (χ0n) is 16.0. The van der Waals surface area contributed by atoms with Gasteiger partial charge in [-0.25, -0.2) is 8.42 Å². The van der Waals surface area contributed by atoms with Crippen molar-refractivity contribution in [3.8, 4) is 5.75 Å². The molecule has 7 nitrogen and oxygen atoms in total. The molecular weight excluding hydrogens is 414 g/mol. The summed E-state index contributed by atoms with van der Waals surface area (Å²) in [5, 5.41) is 3.20. The predicted molar refractivity (Wildman–Crippen MR) is 115 cm³/mol. The summed E-state index contributed by atoms with van der Waals surface area (Å²) in [4.78, 5) is 15.1. The zero-order chi connectivity index (χ0) is 20.6.